The van der Waals surface area contributed by atoms with Crippen molar-refractivity contribution in [2.75, 3.05) is 5.32 Å². The van der Waals surface area contributed by atoms with Crippen LogP contribution in [0.15, 0.2) is 36.5 Å². The number of nitrogens with zero attached hydrogens (tertiary/aromatic N) is 2. The van der Waals surface area contributed by atoms with Crippen LogP contribution >= 0.6 is 0 Å². The molecular weight excluding hydrogens is 249 g/mol. The molecule has 0 bridgehead atoms. The molecule has 0 fully saturated rings. The van der Waals surface area contributed by atoms with Gasteiger partial charge in [0.15, 0.2) is 0 Å². The van der Waals surface area contributed by atoms with Gasteiger partial charge in [0.25, 0.3) is 0 Å². The number of hydrogen-bond donors (Lipinski definition) is 2. The summed E-state index contributed by atoms with van der Waals surface area (Å²) in [5, 5.41) is 20.2. The highest BCUT2D eigenvalue weighted by Gasteiger charge is 2.10. The number of carboxylic acid groups (broad SMARTS) is 1. The van der Waals surface area contributed by atoms with E-state index in [0.29, 0.717) is 17.1 Å². The van der Waals surface area contributed by atoms with Gasteiger partial charge in [0, 0.05) is 11.9 Å². The summed E-state index contributed by atoms with van der Waals surface area (Å²) < 4.78 is 13.5. The molecule has 0 saturated heterocycles. The first-order valence-corrected chi connectivity index (χ1v) is 5.26. The lowest BCUT2D eigenvalue weighted by atomic mass is 10.2. The van der Waals surface area contributed by atoms with Gasteiger partial charge in [-0.25, -0.2) is 14.2 Å². The highest BCUT2D eigenvalue weighted by atomic mass is 19.1. The van der Waals surface area contributed by atoms with Crippen LogP contribution < -0.4 is 5.32 Å². The lowest BCUT2D eigenvalue weighted by Crippen LogP contribution is -2.01. The summed E-state index contributed by atoms with van der Waals surface area (Å²) in [5.74, 6) is -1.79. The summed E-state index contributed by atoms with van der Waals surface area (Å²) >= 11 is 0. The Bertz CT molecular complexity index is 680. The molecule has 19 heavy (non-hydrogen) atoms. The van der Waals surface area contributed by atoms with Crippen LogP contribution in [0, 0.1) is 17.1 Å². The van der Waals surface area contributed by atoms with Crippen LogP contribution in [0.2, 0.25) is 0 Å². The Labute approximate surface area is 108 Å². The number of hydrogen-bond acceptors (Lipinski definition) is 4. The molecule has 1 aromatic carbocycles. The van der Waals surface area contributed by atoms with Gasteiger partial charge in [0.1, 0.15) is 11.6 Å². The smallest absolute Gasteiger partial charge is 0.338 e. The van der Waals surface area contributed by atoms with E-state index in [9.17, 15) is 9.18 Å². The highest BCUT2D eigenvalue weighted by molar-refractivity contribution is 5.88. The van der Waals surface area contributed by atoms with Gasteiger partial charge in [-0.15, -0.1) is 0 Å². The molecular formula is C13H8FN3O2. The van der Waals surface area contributed by atoms with Crippen molar-refractivity contribution < 1.29 is 14.3 Å². The average Bonchev–Trinajstić information content (AvgIpc) is 2.38. The van der Waals surface area contributed by atoms with Crippen LogP contribution in [-0.2, 0) is 0 Å². The van der Waals surface area contributed by atoms with Crippen LogP contribution in [0.3, 0.4) is 0 Å². The summed E-state index contributed by atoms with van der Waals surface area (Å²) in [6.45, 7) is 0. The number of nitriles is 1. The zero-order valence-electron chi connectivity index (χ0n) is 9.59. The van der Waals surface area contributed by atoms with Gasteiger partial charge in [-0.2, -0.15) is 5.26 Å². The Morgan fingerprint density at radius 1 is 1.37 bits per heavy atom. The number of halogens is 1. The minimum Gasteiger partial charge on any atom is -0.478 e. The molecule has 0 amide bonds. The topological polar surface area (TPSA) is 86.0 Å². The van der Waals surface area contributed by atoms with E-state index in [4.69, 9.17) is 10.4 Å². The standard InChI is InChI=1S/C13H8FN3O2/c14-11-6-9(1-2-10(11)13(18)19)17-12-5-8(7-15)3-4-16-12/h1-6H,(H,16,17)(H,18,19). The van der Waals surface area contributed by atoms with Gasteiger partial charge in [0.05, 0.1) is 17.2 Å². The highest BCUT2D eigenvalue weighted by Crippen LogP contribution is 2.18. The number of carbonyl (C=O) groups is 1. The van der Waals surface area contributed by atoms with E-state index in [1.165, 1.54) is 18.3 Å². The van der Waals surface area contributed by atoms with Gasteiger partial charge >= 0.3 is 5.97 Å². The fourth-order valence-electron chi connectivity index (χ4n) is 1.48. The Morgan fingerprint density at radius 3 is 2.79 bits per heavy atom. The van der Waals surface area contributed by atoms with Gasteiger partial charge in [-0.05, 0) is 30.3 Å². The molecule has 1 heterocycles. The fourth-order valence-corrected chi connectivity index (χ4v) is 1.48. The molecule has 5 nitrogen and oxygen atoms in total. The van der Waals surface area contributed by atoms with E-state index >= 15 is 0 Å². The molecule has 0 radical (unpaired) electrons. The minimum absolute atomic E-state index is 0.352. The quantitative estimate of drug-likeness (QED) is 0.882. The lowest BCUT2D eigenvalue weighted by Gasteiger charge is -2.06. The van der Waals surface area contributed by atoms with Crippen molar-refractivity contribution in [2.24, 2.45) is 0 Å². The lowest BCUT2D eigenvalue weighted by molar-refractivity contribution is 0.0692. The van der Waals surface area contributed by atoms with E-state index in [2.05, 4.69) is 10.3 Å². The van der Waals surface area contributed by atoms with Crippen molar-refractivity contribution in [3.8, 4) is 6.07 Å². The van der Waals surface area contributed by atoms with Gasteiger partial charge in [0.2, 0.25) is 0 Å². The fraction of sp³-hybridized carbons (Fsp3) is 0. The number of anilines is 2. The van der Waals surface area contributed by atoms with Crippen molar-refractivity contribution in [3.05, 3.63) is 53.5 Å². The first-order chi connectivity index (χ1) is 9.10. The third-order valence-electron chi connectivity index (χ3n) is 2.36. The van der Waals surface area contributed by atoms with E-state index < -0.39 is 17.3 Å². The molecule has 0 spiro atoms. The van der Waals surface area contributed by atoms with Crippen molar-refractivity contribution in [3.63, 3.8) is 0 Å². The van der Waals surface area contributed by atoms with Gasteiger partial charge in [-0.3, -0.25) is 0 Å². The summed E-state index contributed by atoms with van der Waals surface area (Å²) in [5.41, 5.74) is 0.370. The number of carboxylic acids is 1. The zero-order chi connectivity index (χ0) is 13.8. The second-order valence-electron chi connectivity index (χ2n) is 3.67. The summed E-state index contributed by atoms with van der Waals surface area (Å²) in [4.78, 5) is 14.6. The molecule has 0 aliphatic heterocycles. The molecule has 0 aliphatic carbocycles. The number of pyridine rings is 1. The Hall–Kier alpha value is -2.94. The number of aromatic nitrogens is 1. The maximum Gasteiger partial charge on any atom is 0.338 e. The maximum atomic E-state index is 13.5. The molecule has 94 valence electrons. The summed E-state index contributed by atoms with van der Waals surface area (Å²) in [7, 11) is 0. The SMILES string of the molecule is N#Cc1ccnc(Nc2ccc(C(=O)O)c(F)c2)c1. The third-order valence-corrected chi connectivity index (χ3v) is 2.36. The van der Waals surface area contributed by atoms with Crippen molar-refractivity contribution in [1.29, 1.82) is 5.26 Å². The van der Waals surface area contributed by atoms with Crippen LogP contribution in [-0.4, -0.2) is 16.1 Å². The van der Waals surface area contributed by atoms with Gasteiger partial charge < -0.3 is 10.4 Å². The van der Waals surface area contributed by atoms with E-state index in [-0.39, 0.29) is 0 Å². The number of nitrogens with one attached hydrogen (secondary N) is 1. The molecule has 2 rings (SSSR count). The second kappa shape index (κ2) is 5.14. The van der Waals surface area contributed by atoms with E-state index in [1.807, 2.05) is 6.07 Å². The molecule has 0 saturated carbocycles. The van der Waals surface area contributed by atoms with Crippen molar-refractivity contribution >= 4 is 17.5 Å². The minimum atomic E-state index is -1.33. The van der Waals surface area contributed by atoms with Gasteiger partial charge in [-0.1, -0.05) is 0 Å². The second-order valence-corrected chi connectivity index (χ2v) is 3.67. The maximum absolute atomic E-state index is 13.5. The molecule has 1 aromatic heterocycles. The first-order valence-electron chi connectivity index (χ1n) is 5.26. The van der Waals surface area contributed by atoms with Crippen molar-refractivity contribution in [1.82, 2.24) is 4.98 Å². The zero-order valence-corrected chi connectivity index (χ0v) is 9.59. The molecule has 0 unspecified atom stereocenters. The van der Waals surface area contributed by atoms with Crippen LogP contribution in [0.5, 0.6) is 0 Å². The third kappa shape index (κ3) is 2.84. The molecule has 0 atom stereocenters. The van der Waals surface area contributed by atoms with E-state index in [1.54, 1.807) is 6.07 Å². The molecule has 0 aliphatic rings. The summed E-state index contributed by atoms with van der Waals surface area (Å²) in [6.07, 6.45) is 1.45. The molecule has 2 aromatic rings. The summed E-state index contributed by atoms with van der Waals surface area (Å²) in [6, 6.07) is 8.65. The van der Waals surface area contributed by atoms with E-state index in [0.717, 1.165) is 12.1 Å². The monoisotopic (exact) mass is 257 g/mol. The number of aromatic carboxylic acids is 1. The van der Waals surface area contributed by atoms with Crippen molar-refractivity contribution in [2.45, 2.75) is 0 Å². The van der Waals surface area contributed by atoms with Crippen LogP contribution in [0.25, 0.3) is 0 Å². The van der Waals surface area contributed by atoms with Crippen LogP contribution in [0.1, 0.15) is 15.9 Å². The Morgan fingerprint density at radius 2 is 2.16 bits per heavy atom. The average molecular weight is 257 g/mol. The number of benzene rings is 1. The number of rotatable bonds is 3. The predicted octanol–water partition coefficient (Wildman–Crippen LogP) is 2.53. The normalized spacial score (nSPS) is 9.68. The molecule has 6 heteroatoms. The Kier molecular flexibility index (Phi) is 3.39. The first kappa shape index (κ1) is 12.5. The largest absolute Gasteiger partial charge is 0.478 e. The Balaban J connectivity index is 2.26. The molecule has 2 N–H and O–H groups in total. The van der Waals surface area contributed by atoms with Crippen LogP contribution in [0.4, 0.5) is 15.9 Å². The predicted molar refractivity (Wildman–Crippen MR) is 65.6 cm³/mol.